The molecule has 2 aliphatic heterocycles. The molecule has 2 heterocycles. The van der Waals surface area contributed by atoms with Crippen molar-refractivity contribution in [1.29, 1.82) is 0 Å². The number of hydrogen-bond acceptors (Lipinski definition) is 4. The molecule has 0 bridgehead atoms. The van der Waals surface area contributed by atoms with Gasteiger partial charge in [0.15, 0.2) is 6.29 Å². The second-order valence-electron chi connectivity index (χ2n) is 6.80. The van der Waals surface area contributed by atoms with Crippen molar-refractivity contribution in [3.63, 3.8) is 0 Å². The number of nitrogen functional groups attached to an aromatic ring is 1. The summed E-state index contributed by atoms with van der Waals surface area (Å²) in [6.45, 7) is 8.29. The van der Waals surface area contributed by atoms with E-state index in [0.717, 1.165) is 25.1 Å². The molecule has 122 valence electrons. The largest absolute Gasteiger partial charge is 0.399 e. The standard InChI is InChI=1S/C18H28N2O2/c1-12(2)20-16-8-7-14(19)10-15(16)13(3)17(20)11-22-18-6-4-5-9-21-18/h7-8,10,12-13,17-18H,4-6,9,11,19H2,1-3H3. The molecule has 3 atom stereocenters. The number of rotatable bonds is 4. The Bertz CT molecular complexity index is 512. The fourth-order valence-corrected chi connectivity index (χ4v) is 3.73. The van der Waals surface area contributed by atoms with E-state index in [2.05, 4.69) is 37.8 Å². The Morgan fingerprint density at radius 1 is 1.36 bits per heavy atom. The van der Waals surface area contributed by atoms with Crippen molar-refractivity contribution in [3.05, 3.63) is 23.8 Å². The van der Waals surface area contributed by atoms with Gasteiger partial charge in [-0.1, -0.05) is 6.92 Å². The molecule has 0 spiro atoms. The minimum Gasteiger partial charge on any atom is -0.399 e. The van der Waals surface area contributed by atoms with Crippen LogP contribution in [-0.4, -0.2) is 31.6 Å². The number of anilines is 2. The Morgan fingerprint density at radius 2 is 2.18 bits per heavy atom. The summed E-state index contributed by atoms with van der Waals surface area (Å²) in [4.78, 5) is 2.47. The zero-order valence-corrected chi connectivity index (χ0v) is 13.9. The molecule has 4 heteroatoms. The Balaban J connectivity index is 1.75. The van der Waals surface area contributed by atoms with Crippen molar-refractivity contribution in [1.82, 2.24) is 0 Å². The van der Waals surface area contributed by atoms with E-state index < -0.39 is 0 Å². The lowest BCUT2D eigenvalue weighted by Gasteiger charge is -2.34. The van der Waals surface area contributed by atoms with E-state index in [-0.39, 0.29) is 6.29 Å². The normalized spacial score (nSPS) is 28.2. The van der Waals surface area contributed by atoms with Crippen molar-refractivity contribution in [2.75, 3.05) is 23.8 Å². The summed E-state index contributed by atoms with van der Waals surface area (Å²) < 4.78 is 11.8. The maximum absolute atomic E-state index is 6.08. The first-order valence-corrected chi connectivity index (χ1v) is 8.49. The van der Waals surface area contributed by atoms with Crippen molar-refractivity contribution in [2.45, 2.75) is 64.3 Å². The van der Waals surface area contributed by atoms with Gasteiger partial charge in [-0.3, -0.25) is 0 Å². The van der Waals surface area contributed by atoms with Gasteiger partial charge in [0.1, 0.15) is 0 Å². The van der Waals surface area contributed by atoms with E-state index in [4.69, 9.17) is 15.2 Å². The van der Waals surface area contributed by atoms with Gasteiger partial charge in [-0.15, -0.1) is 0 Å². The summed E-state index contributed by atoms with van der Waals surface area (Å²) in [7, 11) is 0. The summed E-state index contributed by atoms with van der Waals surface area (Å²) in [5, 5.41) is 0. The van der Waals surface area contributed by atoms with Crippen molar-refractivity contribution >= 4 is 11.4 Å². The highest BCUT2D eigenvalue weighted by Gasteiger charge is 2.37. The SMILES string of the molecule is CC1c2cc(N)ccc2N(C(C)C)C1COC1CCCCO1. The van der Waals surface area contributed by atoms with Crippen LogP contribution in [0.15, 0.2) is 18.2 Å². The fraction of sp³-hybridized carbons (Fsp3) is 0.667. The first-order chi connectivity index (χ1) is 10.6. The lowest BCUT2D eigenvalue weighted by molar-refractivity contribution is -0.165. The third-order valence-corrected chi connectivity index (χ3v) is 4.90. The molecule has 0 aromatic heterocycles. The molecular weight excluding hydrogens is 276 g/mol. The van der Waals surface area contributed by atoms with Crippen LogP contribution in [0, 0.1) is 0 Å². The van der Waals surface area contributed by atoms with Crippen molar-refractivity contribution in [3.8, 4) is 0 Å². The molecule has 0 saturated carbocycles. The Labute approximate surface area is 133 Å². The average molecular weight is 304 g/mol. The zero-order chi connectivity index (χ0) is 15.7. The monoisotopic (exact) mass is 304 g/mol. The van der Waals surface area contributed by atoms with Gasteiger partial charge in [0.05, 0.1) is 12.6 Å². The molecule has 1 aromatic rings. The van der Waals surface area contributed by atoms with Crippen LogP contribution in [0.5, 0.6) is 0 Å². The van der Waals surface area contributed by atoms with Gasteiger partial charge in [0.2, 0.25) is 0 Å². The van der Waals surface area contributed by atoms with E-state index in [1.807, 2.05) is 6.07 Å². The predicted octanol–water partition coefficient (Wildman–Crippen LogP) is 3.51. The van der Waals surface area contributed by atoms with E-state index in [1.54, 1.807) is 0 Å². The molecule has 3 rings (SSSR count). The molecule has 2 N–H and O–H groups in total. The van der Waals surface area contributed by atoms with Crippen LogP contribution >= 0.6 is 0 Å². The zero-order valence-electron chi connectivity index (χ0n) is 13.9. The van der Waals surface area contributed by atoms with Crippen LogP contribution < -0.4 is 10.6 Å². The van der Waals surface area contributed by atoms with Crippen LogP contribution in [0.1, 0.15) is 51.5 Å². The molecule has 0 aliphatic carbocycles. The van der Waals surface area contributed by atoms with Crippen molar-refractivity contribution < 1.29 is 9.47 Å². The molecule has 0 radical (unpaired) electrons. The van der Waals surface area contributed by atoms with Crippen LogP contribution in [0.3, 0.4) is 0 Å². The summed E-state index contributed by atoms with van der Waals surface area (Å²) in [5.74, 6) is 0.421. The summed E-state index contributed by atoms with van der Waals surface area (Å²) in [6, 6.07) is 7.05. The van der Waals surface area contributed by atoms with Crippen LogP contribution in [-0.2, 0) is 9.47 Å². The maximum atomic E-state index is 6.08. The topological polar surface area (TPSA) is 47.7 Å². The van der Waals surface area contributed by atoms with Crippen molar-refractivity contribution in [2.24, 2.45) is 0 Å². The Hall–Kier alpha value is -1.26. The quantitative estimate of drug-likeness (QED) is 0.865. The van der Waals surface area contributed by atoms with E-state index in [1.165, 1.54) is 17.7 Å². The lowest BCUT2D eigenvalue weighted by Crippen LogP contribution is -2.43. The summed E-state index contributed by atoms with van der Waals surface area (Å²) in [5.41, 5.74) is 9.46. The highest BCUT2D eigenvalue weighted by Crippen LogP contribution is 2.43. The van der Waals surface area contributed by atoms with Gasteiger partial charge in [-0.25, -0.2) is 0 Å². The fourth-order valence-electron chi connectivity index (χ4n) is 3.73. The average Bonchev–Trinajstić information content (AvgIpc) is 2.79. The van der Waals surface area contributed by atoms with Gasteiger partial charge in [0, 0.05) is 29.9 Å². The molecule has 2 aliphatic rings. The molecule has 1 saturated heterocycles. The van der Waals surface area contributed by atoms with Gasteiger partial charge in [-0.2, -0.15) is 0 Å². The smallest absolute Gasteiger partial charge is 0.157 e. The number of hydrogen-bond donors (Lipinski definition) is 1. The molecule has 1 fully saturated rings. The molecular formula is C18H28N2O2. The molecule has 4 nitrogen and oxygen atoms in total. The Morgan fingerprint density at radius 3 is 2.86 bits per heavy atom. The molecule has 0 amide bonds. The highest BCUT2D eigenvalue weighted by atomic mass is 16.7. The second kappa shape index (κ2) is 6.47. The predicted molar refractivity (Wildman–Crippen MR) is 90.2 cm³/mol. The third kappa shape index (κ3) is 2.95. The minimum atomic E-state index is -0.0243. The van der Waals surface area contributed by atoms with Gasteiger partial charge >= 0.3 is 0 Å². The highest BCUT2D eigenvalue weighted by molar-refractivity contribution is 5.66. The van der Waals surface area contributed by atoms with Crippen LogP contribution in [0.2, 0.25) is 0 Å². The minimum absolute atomic E-state index is 0.0243. The van der Waals surface area contributed by atoms with Crippen LogP contribution in [0.4, 0.5) is 11.4 Å². The van der Waals surface area contributed by atoms with Gasteiger partial charge < -0.3 is 20.1 Å². The lowest BCUT2D eigenvalue weighted by atomic mass is 9.97. The maximum Gasteiger partial charge on any atom is 0.157 e. The molecule has 22 heavy (non-hydrogen) atoms. The second-order valence-corrected chi connectivity index (χ2v) is 6.80. The number of ether oxygens (including phenoxy) is 2. The first-order valence-electron chi connectivity index (χ1n) is 8.49. The third-order valence-electron chi connectivity index (χ3n) is 4.90. The molecule has 1 aromatic carbocycles. The number of nitrogens with zero attached hydrogens (tertiary/aromatic N) is 1. The number of fused-ring (bicyclic) bond motifs is 1. The number of nitrogens with two attached hydrogens (primary N) is 1. The van der Waals surface area contributed by atoms with Gasteiger partial charge in [0.25, 0.3) is 0 Å². The van der Waals surface area contributed by atoms with Crippen LogP contribution in [0.25, 0.3) is 0 Å². The van der Waals surface area contributed by atoms with E-state index in [9.17, 15) is 0 Å². The van der Waals surface area contributed by atoms with E-state index >= 15 is 0 Å². The Kier molecular flexibility index (Phi) is 4.59. The summed E-state index contributed by atoms with van der Waals surface area (Å²) >= 11 is 0. The van der Waals surface area contributed by atoms with Gasteiger partial charge in [-0.05, 0) is 56.9 Å². The first kappa shape index (κ1) is 15.6. The number of benzene rings is 1. The summed E-state index contributed by atoms with van der Waals surface area (Å²) in [6.07, 6.45) is 3.35. The molecule has 3 unspecified atom stereocenters. The van der Waals surface area contributed by atoms with E-state index in [0.29, 0.717) is 24.6 Å².